The van der Waals surface area contributed by atoms with E-state index in [1.54, 1.807) is 6.20 Å². The quantitative estimate of drug-likeness (QED) is 0.793. The SMILES string of the molecule is O=C(Nc1nccs1)C1CCCN1Cc1cccc2cccnc12. The second-order valence-corrected chi connectivity index (χ2v) is 6.84. The van der Waals surface area contributed by atoms with Crippen LogP contribution in [0.15, 0.2) is 48.1 Å². The Bertz CT molecular complexity index is 844. The number of thiazole rings is 1. The lowest BCUT2D eigenvalue weighted by atomic mass is 10.1. The maximum absolute atomic E-state index is 12.6. The van der Waals surface area contributed by atoms with Crippen molar-refractivity contribution in [3.63, 3.8) is 0 Å². The lowest BCUT2D eigenvalue weighted by molar-refractivity contribution is -0.120. The van der Waals surface area contributed by atoms with Gasteiger partial charge in [0, 0.05) is 29.7 Å². The lowest BCUT2D eigenvalue weighted by Gasteiger charge is -2.23. The van der Waals surface area contributed by atoms with Gasteiger partial charge in [0.25, 0.3) is 0 Å². The van der Waals surface area contributed by atoms with E-state index in [2.05, 4.69) is 44.5 Å². The molecule has 1 fully saturated rings. The summed E-state index contributed by atoms with van der Waals surface area (Å²) in [5.74, 6) is 0.0376. The summed E-state index contributed by atoms with van der Waals surface area (Å²) in [6.07, 6.45) is 5.44. The normalized spacial score (nSPS) is 18.1. The third-order valence-corrected chi connectivity index (χ3v) is 5.11. The Morgan fingerprint density at radius 1 is 1.25 bits per heavy atom. The van der Waals surface area contributed by atoms with Crippen molar-refractivity contribution in [2.75, 3.05) is 11.9 Å². The number of anilines is 1. The zero-order valence-corrected chi connectivity index (χ0v) is 14.0. The fourth-order valence-corrected chi connectivity index (χ4v) is 3.83. The Balaban J connectivity index is 1.53. The third kappa shape index (κ3) is 3.02. The van der Waals surface area contributed by atoms with Crippen molar-refractivity contribution in [1.29, 1.82) is 0 Å². The van der Waals surface area contributed by atoms with E-state index in [1.165, 1.54) is 16.9 Å². The van der Waals surface area contributed by atoms with E-state index in [1.807, 2.05) is 17.6 Å². The van der Waals surface area contributed by atoms with Crippen molar-refractivity contribution in [1.82, 2.24) is 14.9 Å². The molecule has 3 heterocycles. The molecule has 0 bridgehead atoms. The molecule has 6 heteroatoms. The van der Waals surface area contributed by atoms with Gasteiger partial charge in [0.1, 0.15) is 0 Å². The minimum absolute atomic E-state index is 0.0376. The molecule has 1 saturated heterocycles. The number of hydrogen-bond acceptors (Lipinski definition) is 5. The van der Waals surface area contributed by atoms with Gasteiger partial charge in [-0.25, -0.2) is 4.98 Å². The molecular formula is C18H18N4OS. The van der Waals surface area contributed by atoms with Gasteiger partial charge in [-0.15, -0.1) is 11.3 Å². The average molecular weight is 338 g/mol. The Labute approximate surface area is 144 Å². The molecule has 1 N–H and O–H groups in total. The van der Waals surface area contributed by atoms with Crippen molar-refractivity contribution in [3.8, 4) is 0 Å². The second kappa shape index (κ2) is 6.67. The maximum Gasteiger partial charge on any atom is 0.243 e. The highest BCUT2D eigenvalue weighted by Gasteiger charge is 2.31. The molecule has 4 rings (SSSR count). The Morgan fingerprint density at radius 3 is 3.04 bits per heavy atom. The van der Waals surface area contributed by atoms with Crippen LogP contribution in [0.1, 0.15) is 18.4 Å². The van der Waals surface area contributed by atoms with Gasteiger partial charge in [0.2, 0.25) is 5.91 Å². The number of para-hydroxylation sites is 1. The summed E-state index contributed by atoms with van der Waals surface area (Å²) in [4.78, 5) is 23.5. The van der Waals surface area contributed by atoms with Crippen LogP contribution in [0.2, 0.25) is 0 Å². The molecular weight excluding hydrogens is 320 g/mol. The van der Waals surface area contributed by atoms with E-state index in [0.717, 1.165) is 36.8 Å². The number of carbonyl (C=O) groups excluding carboxylic acids is 1. The molecule has 3 aromatic rings. The summed E-state index contributed by atoms with van der Waals surface area (Å²) >= 11 is 1.45. The number of pyridine rings is 1. The molecule has 1 unspecified atom stereocenters. The largest absolute Gasteiger partial charge is 0.301 e. The van der Waals surface area contributed by atoms with Crippen LogP contribution >= 0.6 is 11.3 Å². The first-order chi connectivity index (χ1) is 11.8. The highest BCUT2D eigenvalue weighted by molar-refractivity contribution is 7.13. The van der Waals surface area contributed by atoms with Crippen LogP contribution in [-0.2, 0) is 11.3 Å². The number of nitrogens with zero attached hydrogens (tertiary/aromatic N) is 3. The summed E-state index contributed by atoms with van der Waals surface area (Å²) in [5, 5.41) is 6.60. The summed E-state index contributed by atoms with van der Waals surface area (Å²) in [6.45, 7) is 1.67. The van der Waals surface area contributed by atoms with Crippen LogP contribution in [0.5, 0.6) is 0 Å². The highest BCUT2D eigenvalue weighted by atomic mass is 32.1. The molecule has 5 nitrogen and oxygen atoms in total. The van der Waals surface area contributed by atoms with Crippen molar-refractivity contribution >= 4 is 33.3 Å². The highest BCUT2D eigenvalue weighted by Crippen LogP contribution is 2.24. The van der Waals surface area contributed by atoms with Gasteiger partial charge in [-0.2, -0.15) is 0 Å². The van der Waals surface area contributed by atoms with Crippen LogP contribution in [0, 0.1) is 0 Å². The van der Waals surface area contributed by atoms with Gasteiger partial charge in [-0.1, -0.05) is 24.3 Å². The molecule has 2 aromatic heterocycles. The van der Waals surface area contributed by atoms with Gasteiger partial charge in [0.05, 0.1) is 11.6 Å². The molecule has 0 aliphatic carbocycles. The van der Waals surface area contributed by atoms with Crippen LogP contribution in [0.4, 0.5) is 5.13 Å². The molecule has 1 atom stereocenters. The van der Waals surface area contributed by atoms with Gasteiger partial charge in [-0.05, 0) is 31.0 Å². The summed E-state index contributed by atoms with van der Waals surface area (Å²) in [7, 11) is 0. The van der Waals surface area contributed by atoms with Crippen LogP contribution in [-0.4, -0.2) is 33.4 Å². The smallest absolute Gasteiger partial charge is 0.243 e. The van der Waals surface area contributed by atoms with Gasteiger partial charge in [-0.3, -0.25) is 14.7 Å². The number of amides is 1. The summed E-state index contributed by atoms with van der Waals surface area (Å²) in [6, 6.07) is 10.1. The van der Waals surface area contributed by atoms with E-state index in [-0.39, 0.29) is 11.9 Å². The van der Waals surface area contributed by atoms with E-state index in [4.69, 9.17) is 0 Å². The number of nitrogens with one attached hydrogen (secondary N) is 1. The average Bonchev–Trinajstić information content (AvgIpc) is 3.27. The van der Waals surface area contributed by atoms with Crippen LogP contribution in [0.3, 0.4) is 0 Å². The second-order valence-electron chi connectivity index (χ2n) is 5.95. The number of aromatic nitrogens is 2. The van der Waals surface area contributed by atoms with Crippen LogP contribution < -0.4 is 5.32 Å². The molecule has 24 heavy (non-hydrogen) atoms. The monoisotopic (exact) mass is 338 g/mol. The van der Waals surface area contributed by atoms with Crippen molar-refractivity contribution in [2.45, 2.75) is 25.4 Å². The van der Waals surface area contributed by atoms with Gasteiger partial charge < -0.3 is 5.32 Å². The van der Waals surface area contributed by atoms with Gasteiger partial charge in [0.15, 0.2) is 5.13 Å². The predicted octanol–water partition coefficient (Wildman–Crippen LogP) is 3.29. The van der Waals surface area contributed by atoms with Crippen molar-refractivity contribution < 1.29 is 4.79 Å². The lowest BCUT2D eigenvalue weighted by Crippen LogP contribution is -2.39. The first-order valence-corrected chi connectivity index (χ1v) is 8.96. The Morgan fingerprint density at radius 2 is 2.17 bits per heavy atom. The van der Waals surface area contributed by atoms with Crippen molar-refractivity contribution in [2.24, 2.45) is 0 Å². The predicted molar refractivity (Wildman–Crippen MR) is 95.9 cm³/mol. The number of benzene rings is 1. The third-order valence-electron chi connectivity index (χ3n) is 4.42. The molecule has 1 amide bonds. The van der Waals surface area contributed by atoms with Gasteiger partial charge >= 0.3 is 0 Å². The van der Waals surface area contributed by atoms with E-state index in [9.17, 15) is 4.79 Å². The number of hydrogen-bond donors (Lipinski definition) is 1. The maximum atomic E-state index is 12.6. The first kappa shape index (κ1) is 15.2. The Kier molecular flexibility index (Phi) is 4.23. The number of carbonyl (C=O) groups is 1. The zero-order valence-electron chi connectivity index (χ0n) is 13.2. The topological polar surface area (TPSA) is 58.1 Å². The molecule has 0 spiro atoms. The summed E-state index contributed by atoms with van der Waals surface area (Å²) in [5.41, 5.74) is 2.19. The minimum Gasteiger partial charge on any atom is -0.301 e. The van der Waals surface area contributed by atoms with Crippen LogP contribution in [0.25, 0.3) is 10.9 Å². The van der Waals surface area contributed by atoms with Crippen molar-refractivity contribution in [3.05, 3.63) is 53.7 Å². The number of likely N-dealkylation sites (tertiary alicyclic amines) is 1. The fraction of sp³-hybridized carbons (Fsp3) is 0.278. The molecule has 0 saturated carbocycles. The number of rotatable bonds is 4. The summed E-state index contributed by atoms with van der Waals surface area (Å²) < 4.78 is 0. The first-order valence-electron chi connectivity index (χ1n) is 8.08. The molecule has 1 aromatic carbocycles. The zero-order chi connectivity index (χ0) is 16.4. The molecule has 0 radical (unpaired) electrons. The van der Waals surface area contributed by atoms with E-state index >= 15 is 0 Å². The molecule has 122 valence electrons. The Hall–Kier alpha value is -2.31. The molecule has 1 aliphatic rings. The minimum atomic E-state index is -0.104. The fourth-order valence-electron chi connectivity index (χ4n) is 3.30. The molecule has 1 aliphatic heterocycles. The standard InChI is InChI=1S/C18H18N4OS/c23-17(21-18-20-9-11-24-18)15-7-3-10-22(15)12-14-5-1-4-13-6-2-8-19-16(13)14/h1-2,4-6,8-9,11,15H,3,7,10,12H2,(H,20,21,23). The van der Waals surface area contributed by atoms with E-state index in [0.29, 0.717) is 5.13 Å². The van der Waals surface area contributed by atoms with E-state index < -0.39 is 0 Å². The number of fused-ring (bicyclic) bond motifs is 1.